The second kappa shape index (κ2) is 7.13. The third-order valence-corrected chi connectivity index (χ3v) is 5.50. The fourth-order valence-electron chi connectivity index (χ4n) is 3.90. The highest BCUT2D eigenvalue weighted by Gasteiger charge is 2.19. The van der Waals surface area contributed by atoms with Crippen molar-refractivity contribution in [3.05, 3.63) is 89.5 Å². The molecule has 4 aromatic rings. The molecule has 2 aromatic heterocycles. The third kappa shape index (κ3) is 3.27. The van der Waals surface area contributed by atoms with Crippen molar-refractivity contribution in [3.63, 3.8) is 0 Å². The van der Waals surface area contributed by atoms with E-state index in [0.717, 1.165) is 43.1 Å². The van der Waals surface area contributed by atoms with Gasteiger partial charge in [-0.05, 0) is 35.9 Å². The van der Waals surface area contributed by atoms with Crippen molar-refractivity contribution in [1.29, 1.82) is 0 Å². The van der Waals surface area contributed by atoms with Crippen molar-refractivity contribution in [2.45, 2.75) is 26.4 Å². The number of pyridine rings is 1. The van der Waals surface area contributed by atoms with Crippen LogP contribution in [0.3, 0.4) is 0 Å². The van der Waals surface area contributed by atoms with Gasteiger partial charge in [0.25, 0.3) is 0 Å². The minimum absolute atomic E-state index is 0.817. The molecule has 1 aliphatic rings. The Morgan fingerprint density at radius 2 is 1.89 bits per heavy atom. The van der Waals surface area contributed by atoms with Gasteiger partial charge in [0.05, 0.1) is 5.69 Å². The number of hydrogen-bond donors (Lipinski definition) is 0. The molecule has 4 nitrogen and oxygen atoms in total. The van der Waals surface area contributed by atoms with Crippen molar-refractivity contribution in [2.24, 2.45) is 0 Å². The number of rotatable bonds is 3. The molecule has 1 aliphatic heterocycles. The first-order chi connectivity index (χ1) is 13.8. The first kappa shape index (κ1) is 17.0. The van der Waals surface area contributed by atoms with Crippen LogP contribution in [-0.2, 0) is 19.5 Å². The molecule has 0 N–H and O–H groups in total. The summed E-state index contributed by atoms with van der Waals surface area (Å²) in [4.78, 5) is 16.2. The molecule has 0 spiro atoms. The SMILES string of the molecule is Cc1ccc(-c2ncc3c(n2)CN(Cc2cccc4cnccc24)CC3)cc1. The van der Waals surface area contributed by atoms with E-state index >= 15 is 0 Å². The maximum absolute atomic E-state index is 4.90. The van der Waals surface area contributed by atoms with Gasteiger partial charge in [0.15, 0.2) is 5.82 Å². The maximum Gasteiger partial charge on any atom is 0.159 e. The van der Waals surface area contributed by atoms with Crippen LogP contribution in [-0.4, -0.2) is 26.4 Å². The van der Waals surface area contributed by atoms with E-state index in [1.54, 1.807) is 0 Å². The molecule has 28 heavy (non-hydrogen) atoms. The predicted octanol–water partition coefficient (Wildman–Crippen LogP) is 4.56. The number of hydrogen-bond acceptors (Lipinski definition) is 4. The molecule has 5 rings (SSSR count). The second-order valence-corrected chi connectivity index (χ2v) is 7.51. The number of fused-ring (bicyclic) bond motifs is 2. The largest absolute Gasteiger partial charge is 0.293 e. The Hall–Kier alpha value is -3.11. The molecule has 0 fully saturated rings. The predicted molar refractivity (Wildman–Crippen MR) is 112 cm³/mol. The summed E-state index contributed by atoms with van der Waals surface area (Å²) < 4.78 is 0. The summed E-state index contributed by atoms with van der Waals surface area (Å²) in [5, 5.41) is 2.48. The van der Waals surface area contributed by atoms with Gasteiger partial charge in [0, 0.05) is 49.2 Å². The zero-order chi connectivity index (χ0) is 18.9. The molecular formula is C24H22N4. The zero-order valence-corrected chi connectivity index (χ0v) is 16.0. The summed E-state index contributed by atoms with van der Waals surface area (Å²) in [6.45, 7) is 4.91. The Bertz CT molecular complexity index is 1130. The molecule has 4 heteroatoms. The highest BCUT2D eigenvalue weighted by molar-refractivity contribution is 5.84. The smallest absolute Gasteiger partial charge is 0.159 e. The highest BCUT2D eigenvalue weighted by atomic mass is 15.1. The van der Waals surface area contributed by atoms with Crippen LogP contribution < -0.4 is 0 Å². The van der Waals surface area contributed by atoms with Gasteiger partial charge in [-0.3, -0.25) is 9.88 Å². The molecule has 0 atom stereocenters. The number of benzene rings is 2. The van der Waals surface area contributed by atoms with E-state index < -0.39 is 0 Å². The van der Waals surface area contributed by atoms with Gasteiger partial charge >= 0.3 is 0 Å². The molecule has 3 heterocycles. The quantitative estimate of drug-likeness (QED) is 0.533. The number of aromatic nitrogens is 3. The van der Waals surface area contributed by atoms with Gasteiger partial charge in [-0.15, -0.1) is 0 Å². The Morgan fingerprint density at radius 3 is 2.79 bits per heavy atom. The summed E-state index contributed by atoms with van der Waals surface area (Å²) in [5.74, 6) is 0.817. The van der Waals surface area contributed by atoms with Crippen LogP contribution in [0.4, 0.5) is 0 Å². The van der Waals surface area contributed by atoms with E-state index in [-0.39, 0.29) is 0 Å². The summed E-state index contributed by atoms with van der Waals surface area (Å²) in [6.07, 6.45) is 6.82. The van der Waals surface area contributed by atoms with Crippen LogP contribution in [0.1, 0.15) is 22.4 Å². The standard InChI is InChI=1S/C24H22N4/c1-17-5-7-18(8-6-17)24-26-14-20-10-12-28(16-23(20)27-24)15-21-4-2-3-19-13-25-11-9-22(19)21/h2-9,11,13-14H,10,12,15-16H2,1H3. The number of aryl methyl sites for hydroxylation is 1. The van der Waals surface area contributed by atoms with Crippen LogP contribution in [0.25, 0.3) is 22.2 Å². The van der Waals surface area contributed by atoms with Gasteiger partial charge in [-0.1, -0.05) is 48.0 Å². The lowest BCUT2D eigenvalue weighted by atomic mass is 10.0. The second-order valence-electron chi connectivity index (χ2n) is 7.51. The van der Waals surface area contributed by atoms with Crippen LogP contribution in [0.5, 0.6) is 0 Å². The monoisotopic (exact) mass is 366 g/mol. The fourth-order valence-corrected chi connectivity index (χ4v) is 3.90. The van der Waals surface area contributed by atoms with Gasteiger partial charge in [-0.2, -0.15) is 0 Å². The van der Waals surface area contributed by atoms with Crippen LogP contribution in [0.2, 0.25) is 0 Å². The molecule has 0 saturated carbocycles. The summed E-state index contributed by atoms with van der Waals surface area (Å²) >= 11 is 0. The summed E-state index contributed by atoms with van der Waals surface area (Å²) in [7, 11) is 0. The Kier molecular flexibility index (Phi) is 4.34. The summed E-state index contributed by atoms with van der Waals surface area (Å²) in [5.41, 5.74) is 6.09. The lowest BCUT2D eigenvalue weighted by Crippen LogP contribution is -2.31. The lowest BCUT2D eigenvalue weighted by molar-refractivity contribution is 0.242. The van der Waals surface area contributed by atoms with E-state index in [0.29, 0.717) is 0 Å². The first-order valence-electron chi connectivity index (χ1n) is 9.72. The van der Waals surface area contributed by atoms with Crippen LogP contribution in [0.15, 0.2) is 67.1 Å². The minimum atomic E-state index is 0.817. The van der Waals surface area contributed by atoms with E-state index in [1.807, 2.05) is 18.6 Å². The van der Waals surface area contributed by atoms with Crippen molar-refractivity contribution in [1.82, 2.24) is 19.9 Å². The molecule has 0 unspecified atom stereocenters. The van der Waals surface area contributed by atoms with E-state index in [9.17, 15) is 0 Å². The van der Waals surface area contributed by atoms with E-state index in [2.05, 4.69) is 70.3 Å². The van der Waals surface area contributed by atoms with Crippen molar-refractivity contribution in [3.8, 4) is 11.4 Å². The fraction of sp³-hybridized carbons (Fsp3) is 0.208. The molecule has 138 valence electrons. The van der Waals surface area contributed by atoms with E-state index in [1.165, 1.54) is 27.5 Å². The van der Waals surface area contributed by atoms with Gasteiger partial charge < -0.3 is 0 Å². The van der Waals surface area contributed by atoms with Crippen molar-refractivity contribution >= 4 is 10.8 Å². The zero-order valence-electron chi connectivity index (χ0n) is 16.0. The molecule has 2 aromatic carbocycles. The average molecular weight is 366 g/mol. The Balaban J connectivity index is 1.41. The van der Waals surface area contributed by atoms with Crippen LogP contribution >= 0.6 is 0 Å². The van der Waals surface area contributed by atoms with Gasteiger partial charge in [-0.25, -0.2) is 9.97 Å². The molecule has 0 radical (unpaired) electrons. The van der Waals surface area contributed by atoms with E-state index in [4.69, 9.17) is 4.98 Å². The third-order valence-electron chi connectivity index (χ3n) is 5.50. The maximum atomic E-state index is 4.90. The Morgan fingerprint density at radius 1 is 1.00 bits per heavy atom. The van der Waals surface area contributed by atoms with Crippen molar-refractivity contribution < 1.29 is 0 Å². The Labute approximate surface area is 164 Å². The van der Waals surface area contributed by atoms with Crippen molar-refractivity contribution in [2.75, 3.05) is 6.54 Å². The molecule has 0 bridgehead atoms. The van der Waals surface area contributed by atoms with Gasteiger partial charge in [0.1, 0.15) is 0 Å². The number of nitrogens with zero attached hydrogens (tertiary/aromatic N) is 4. The topological polar surface area (TPSA) is 41.9 Å². The molecule has 0 amide bonds. The lowest BCUT2D eigenvalue weighted by Gasteiger charge is -2.28. The molecule has 0 saturated heterocycles. The minimum Gasteiger partial charge on any atom is -0.293 e. The molecule has 0 aliphatic carbocycles. The summed E-state index contributed by atoms with van der Waals surface area (Å²) in [6, 6.07) is 17.0. The normalized spacial score (nSPS) is 14.2. The average Bonchev–Trinajstić information content (AvgIpc) is 2.74. The van der Waals surface area contributed by atoms with Gasteiger partial charge in [0.2, 0.25) is 0 Å². The van der Waals surface area contributed by atoms with Crippen LogP contribution in [0, 0.1) is 6.92 Å². The first-order valence-corrected chi connectivity index (χ1v) is 9.72. The molecular weight excluding hydrogens is 344 g/mol. The highest BCUT2D eigenvalue weighted by Crippen LogP contribution is 2.24.